The van der Waals surface area contributed by atoms with Gasteiger partial charge in [-0.2, -0.15) is 0 Å². The summed E-state index contributed by atoms with van der Waals surface area (Å²) < 4.78 is 9.81. The number of carbonyl (C=O) groups excluding carboxylic acids is 2. The highest BCUT2D eigenvalue weighted by Gasteiger charge is 2.13. The Morgan fingerprint density at radius 2 is 2.30 bits per heavy atom. The van der Waals surface area contributed by atoms with Crippen LogP contribution in [0.1, 0.15) is 16.2 Å². The number of nitrogens with one attached hydrogen (secondary N) is 2. The average Bonchev–Trinajstić information content (AvgIpc) is 2.86. The molecule has 0 saturated heterocycles. The van der Waals surface area contributed by atoms with E-state index in [-0.39, 0.29) is 18.1 Å². The van der Waals surface area contributed by atoms with E-state index in [1.54, 1.807) is 19.1 Å². The zero-order valence-corrected chi connectivity index (χ0v) is 11.5. The maximum atomic E-state index is 11.5. The van der Waals surface area contributed by atoms with Crippen molar-refractivity contribution < 1.29 is 18.8 Å². The predicted octanol–water partition coefficient (Wildman–Crippen LogP) is -1.53. The van der Waals surface area contributed by atoms with Gasteiger partial charge in [0.25, 0.3) is 5.91 Å². The van der Waals surface area contributed by atoms with Gasteiger partial charge in [0.15, 0.2) is 11.5 Å². The fraction of sp³-hybridized carbons (Fsp3) is 0.545. The summed E-state index contributed by atoms with van der Waals surface area (Å²) in [6.07, 6.45) is 0. The lowest BCUT2D eigenvalue weighted by molar-refractivity contribution is -0.122. The molecule has 2 amide bonds. The van der Waals surface area contributed by atoms with Crippen LogP contribution in [0.3, 0.4) is 0 Å². The zero-order valence-electron chi connectivity index (χ0n) is 11.5. The van der Waals surface area contributed by atoms with Crippen LogP contribution in [-0.4, -0.2) is 55.7 Å². The van der Waals surface area contributed by atoms with Gasteiger partial charge in [0.1, 0.15) is 0 Å². The minimum absolute atomic E-state index is 0.0976. The van der Waals surface area contributed by atoms with E-state index in [2.05, 4.69) is 10.5 Å². The van der Waals surface area contributed by atoms with E-state index in [0.717, 1.165) is 0 Å². The number of rotatable bonds is 8. The number of aromatic nitrogens is 1. The Labute approximate surface area is 116 Å². The normalized spacial score (nSPS) is 10.6. The van der Waals surface area contributed by atoms with Crippen LogP contribution in [0.25, 0.3) is 0 Å². The van der Waals surface area contributed by atoms with Gasteiger partial charge in [0.05, 0.1) is 19.7 Å². The Hall–Kier alpha value is -1.97. The van der Waals surface area contributed by atoms with Gasteiger partial charge in [-0.15, -0.1) is 0 Å². The van der Waals surface area contributed by atoms with Crippen LogP contribution >= 0.6 is 0 Å². The summed E-state index contributed by atoms with van der Waals surface area (Å²) in [5.74, 6) is 4.80. The Morgan fingerprint density at radius 1 is 1.55 bits per heavy atom. The summed E-state index contributed by atoms with van der Waals surface area (Å²) in [4.78, 5) is 24.5. The SMILES string of the molecule is COCCNC(=O)CN(C)Cc1cc(C(=O)NN)no1. The monoisotopic (exact) mass is 285 g/mol. The number of hydrogen-bond acceptors (Lipinski definition) is 7. The van der Waals surface area contributed by atoms with E-state index in [1.165, 1.54) is 6.07 Å². The van der Waals surface area contributed by atoms with Gasteiger partial charge in [-0.05, 0) is 7.05 Å². The molecule has 0 aliphatic heterocycles. The molecule has 9 heteroatoms. The Bertz CT molecular complexity index is 448. The number of nitrogens with zero attached hydrogens (tertiary/aromatic N) is 2. The van der Waals surface area contributed by atoms with E-state index in [4.69, 9.17) is 15.1 Å². The van der Waals surface area contributed by atoms with Crippen LogP contribution < -0.4 is 16.6 Å². The first-order valence-electron chi connectivity index (χ1n) is 5.97. The molecule has 1 aromatic rings. The van der Waals surface area contributed by atoms with Crippen molar-refractivity contribution in [2.75, 3.05) is 33.9 Å². The van der Waals surface area contributed by atoms with E-state index < -0.39 is 5.91 Å². The first-order chi connectivity index (χ1) is 9.56. The molecule has 0 fully saturated rings. The van der Waals surface area contributed by atoms with Gasteiger partial charge < -0.3 is 14.6 Å². The van der Waals surface area contributed by atoms with Gasteiger partial charge >= 0.3 is 0 Å². The molecule has 0 bridgehead atoms. The Morgan fingerprint density at radius 3 is 2.95 bits per heavy atom. The van der Waals surface area contributed by atoms with E-state index >= 15 is 0 Å². The number of methoxy groups -OCH3 is 1. The third-order valence-corrected chi connectivity index (χ3v) is 2.39. The lowest BCUT2D eigenvalue weighted by Gasteiger charge is -2.14. The molecule has 0 atom stereocenters. The standard InChI is InChI=1S/C11H19N5O4/c1-16(7-10(17)13-3-4-19-2)6-8-5-9(15-20-8)11(18)14-12/h5H,3-4,6-7,12H2,1-2H3,(H,13,17)(H,14,18). The molecule has 0 radical (unpaired) electrons. The average molecular weight is 285 g/mol. The predicted molar refractivity (Wildman–Crippen MR) is 69.4 cm³/mol. The fourth-order valence-corrected chi connectivity index (χ4v) is 1.48. The maximum Gasteiger partial charge on any atom is 0.287 e. The second-order valence-corrected chi connectivity index (χ2v) is 4.17. The summed E-state index contributed by atoms with van der Waals surface area (Å²) in [5, 5.41) is 6.27. The van der Waals surface area contributed by atoms with Crippen molar-refractivity contribution in [2.45, 2.75) is 6.54 Å². The largest absolute Gasteiger partial charge is 0.383 e. The number of amides is 2. The molecular weight excluding hydrogens is 266 g/mol. The number of hydrazine groups is 1. The first-order valence-corrected chi connectivity index (χ1v) is 5.97. The maximum absolute atomic E-state index is 11.5. The summed E-state index contributed by atoms with van der Waals surface area (Å²) in [6.45, 7) is 1.48. The van der Waals surface area contributed by atoms with Gasteiger partial charge in [-0.25, -0.2) is 5.84 Å². The fourth-order valence-electron chi connectivity index (χ4n) is 1.48. The number of likely N-dealkylation sites (N-methyl/N-ethyl adjacent to an activating group) is 1. The smallest absolute Gasteiger partial charge is 0.287 e. The van der Waals surface area contributed by atoms with Gasteiger partial charge in [-0.1, -0.05) is 5.16 Å². The van der Waals surface area contributed by atoms with Crippen molar-refractivity contribution >= 4 is 11.8 Å². The van der Waals surface area contributed by atoms with Crippen molar-refractivity contribution in [1.29, 1.82) is 0 Å². The number of ether oxygens (including phenoxy) is 1. The van der Waals surface area contributed by atoms with Crippen molar-refractivity contribution in [1.82, 2.24) is 20.8 Å². The number of nitrogen functional groups attached to an aromatic ring is 1. The molecule has 1 rings (SSSR count). The van der Waals surface area contributed by atoms with Crippen LogP contribution in [0.5, 0.6) is 0 Å². The minimum Gasteiger partial charge on any atom is -0.383 e. The van der Waals surface area contributed by atoms with Crippen LogP contribution in [0.4, 0.5) is 0 Å². The van der Waals surface area contributed by atoms with Gasteiger partial charge in [-0.3, -0.25) is 19.9 Å². The number of carbonyl (C=O) groups is 2. The van der Waals surface area contributed by atoms with E-state index in [0.29, 0.717) is 25.5 Å². The summed E-state index contributed by atoms with van der Waals surface area (Å²) in [6, 6.07) is 1.47. The number of nitrogens with two attached hydrogens (primary N) is 1. The summed E-state index contributed by atoms with van der Waals surface area (Å²) >= 11 is 0. The second kappa shape index (κ2) is 8.25. The zero-order chi connectivity index (χ0) is 15.0. The molecule has 20 heavy (non-hydrogen) atoms. The topological polar surface area (TPSA) is 123 Å². The molecule has 1 aromatic heterocycles. The Balaban J connectivity index is 2.38. The van der Waals surface area contributed by atoms with E-state index in [1.807, 2.05) is 5.43 Å². The summed E-state index contributed by atoms with van der Waals surface area (Å²) in [7, 11) is 3.32. The summed E-state index contributed by atoms with van der Waals surface area (Å²) in [5.41, 5.74) is 2.06. The molecule has 0 aromatic carbocycles. The van der Waals surface area contributed by atoms with Crippen molar-refractivity contribution in [3.63, 3.8) is 0 Å². The van der Waals surface area contributed by atoms with Crippen LogP contribution in [-0.2, 0) is 16.1 Å². The van der Waals surface area contributed by atoms with Gasteiger partial charge in [0, 0.05) is 19.7 Å². The molecule has 0 spiro atoms. The van der Waals surface area contributed by atoms with Crippen molar-refractivity contribution in [3.8, 4) is 0 Å². The molecule has 4 N–H and O–H groups in total. The molecule has 0 unspecified atom stereocenters. The molecule has 0 aliphatic carbocycles. The molecule has 112 valence electrons. The molecule has 1 heterocycles. The van der Waals surface area contributed by atoms with Crippen LogP contribution in [0.2, 0.25) is 0 Å². The Kier molecular flexibility index (Phi) is 6.64. The lowest BCUT2D eigenvalue weighted by Crippen LogP contribution is -2.36. The van der Waals surface area contributed by atoms with Crippen molar-refractivity contribution in [2.24, 2.45) is 5.84 Å². The lowest BCUT2D eigenvalue weighted by atomic mass is 10.3. The van der Waals surface area contributed by atoms with E-state index in [9.17, 15) is 9.59 Å². The van der Waals surface area contributed by atoms with Gasteiger partial charge in [0.2, 0.25) is 5.91 Å². The first kappa shape index (κ1) is 16.1. The quantitative estimate of drug-likeness (QED) is 0.229. The van der Waals surface area contributed by atoms with Crippen LogP contribution in [0, 0.1) is 0 Å². The molecule has 9 nitrogen and oxygen atoms in total. The molecule has 0 saturated carbocycles. The van der Waals surface area contributed by atoms with Crippen molar-refractivity contribution in [3.05, 3.63) is 17.5 Å². The molecule has 0 aliphatic rings. The molecular formula is C11H19N5O4. The number of hydrogen-bond donors (Lipinski definition) is 3. The minimum atomic E-state index is -0.528. The highest BCUT2D eigenvalue weighted by atomic mass is 16.5. The highest BCUT2D eigenvalue weighted by molar-refractivity contribution is 5.91. The third kappa shape index (κ3) is 5.34. The van der Waals surface area contributed by atoms with Crippen LogP contribution in [0.15, 0.2) is 10.6 Å². The third-order valence-electron chi connectivity index (χ3n) is 2.39. The second-order valence-electron chi connectivity index (χ2n) is 4.17. The highest BCUT2D eigenvalue weighted by Crippen LogP contribution is 2.05.